The summed E-state index contributed by atoms with van der Waals surface area (Å²) in [6.45, 7) is 5.02. The molecule has 21 heavy (non-hydrogen) atoms. The van der Waals surface area contributed by atoms with Crippen LogP contribution in [0.3, 0.4) is 0 Å². The van der Waals surface area contributed by atoms with Gasteiger partial charge in [0.25, 0.3) is 0 Å². The lowest BCUT2D eigenvalue weighted by atomic mass is 10.1. The number of sulfonamides is 1. The van der Waals surface area contributed by atoms with E-state index in [0.29, 0.717) is 6.54 Å². The highest BCUT2D eigenvalue weighted by atomic mass is 32.2. The molecule has 0 amide bonds. The minimum absolute atomic E-state index is 0.112. The van der Waals surface area contributed by atoms with Gasteiger partial charge in [-0.25, -0.2) is 13.1 Å². The Kier molecular flexibility index (Phi) is 4.04. The summed E-state index contributed by atoms with van der Waals surface area (Å²) in [4.78, 5) is 0. The van der Waals surface area contributed by atoms with Gasteiger partial charge < -0.3 is 0 Å². The maximum atomic E-state index is 12.5. The zero-order chi connectivity index (χ0) is 15.0. The first-order valence-corrected chi connectivity index (χ1v) is 9.07. The molecule has 7 nitrogen and oxygen atoms in total. The van der Waals surface area contributed by atoms with Crippen LogP contribution in [-0.4, -0.2) is 35.5 Å². The molecule has 2 aliphatic rings. The van der Waals surface area contributed by atoms with Crippen molar-refractivity contribution in [3.05, 3.63) is 17.5 Å². The van der Waals surface area contributed by atoms with Crippen molar-refractivity contribution in [2.75, 3.05) is 0 Å². The predicted molar refractivity (Wildman–Crippen MR) is 79.9 cm³/mol. The first kappa shape index (κ1) is 15.0. The second-order valence-electron chi connectivity index (χ2n) is 5.99. The van der Waals surface area contributed by atoms with E-state index in [1.807, 2.05) is 18.5 Å². The lowest BCUT2D eigenvalue weighted by Gasteiger charge is -2.19. The molecule has 0 aliphatic carbocycles. The van der Waals surface area contributed by atoms with Crippen LogP contribution in [0, 0.1) is 0 Å². The molecule has 0 radical (unpaired) electrons. The number of hydrogen-bond acceptors (Lipinski definition) is 5. The Hall–Kier alpha value is -0.960. The predicted octanol–water partition coefficient (Wildman–Crippen LogP) is -0.108. The fraction of sp³-hybridized carbons (Fsp3) is 0.769. The second-order valence-corrected chi connectivity index (χ2v) is 7.92. The molecule has 1 aromatic heterocycles. The van der Waals surface area contributed by atoms with Crippen molar-refractivity contribution >= 4 is 10.0 Å². The Morgan fingerprint density at radius 3 is 2.76 bits per heavy atom. The molecule has 0 bridgehead atoms. The fourth-order valence-electron chi connectivity index (χ4n) is 3.31. The third kappa shape index (κ3) is 2.85. The third-order valence-corrected chi connectivity index (χ3v) is 6.49. The van der Waals surface area contributed by atoms with Crippen molar-refractivity contribution in [2.45, 2.75) is 63.5 Å². The van der Waals surface area contributed by atoms with Gasteiger partial charge in [-0.05, 0) is 33.1 Å². The second kappa shape index (κ2) is 5.68. The molecule has 0 spiro atoms. The van der Waals surface area contributed by atoms with Gasteiger partial charge in [-0.2, -0.15) is 5.10 Å². The van der Waals surface area contributed by atoms with Gasteiger partial charge >= 0.3 is 0 Å². The van der Waals surface area contributed by atoms with E-state index in [-0.39, 0.29) is 12.1 Å². The van der Waals surface area contributed by atoms with Gasteiger partial charge in [-0.3, -0.25) is 15.5 Å². The van der Waals surface area contributed by atoms with Crippen molar-refractivity contribution < 1.29 is 8.42 Å². The van der Waals surface area contributed by atoms with E-state index in [1.54, 1.807) is 6.20 Å². The van der Waals surface area contributed by atoms with Gasteiger partial charge in [-0.1, -0.05) is 0 Å². The number of aryl methyl sites for hydroxylation is 1. The van der Waals surface area contributed by atoms with Gasteiger partial charge in [0.15, 0.2) is 0 Å². The van der Waals surface area contributed by atoms with Crippen molar-refractivity contribution in [2.24, 2.45) is 0 Å². The first-order chi connectivity index (χ1) is 9.99. The summed E-state index contributed by atoms with van der Waals surface area (Å²) < 4.78 is 29.7. The van der Waals surface area contributed by atoms with Crippen LogP contribution in [0.15, 0.2) is 6.20 Å². The van der Waals surface area contributed by atoms with E-state index >= 15 is 0 Å². The number of hydrogen-bond donors (Lipinski definition) is 3. The van der Waals surface area contributed by atoms with Crippen LogP contribution >= 0.6 is 0 Å². The molecule has 1 saturated heterocycles. The normalized spacial score (nSPS) is 29.5. The largest absolute Gasteiger partial charge is 0.269 e. The summed E-state index contributed by atoms with van der Waals surface area (Å²) in [7, 11) is -3.37. The van der Waals surface area contributed by atoms with Crippen LogP contribution in [0.25, 0.3) is 0 Å². The maximum Gasteiger partial charge on any atom is 0.217 e. The molecule has 8 heteroatoms. The Labute approximate surface area is 125 Å². The highest BCUT2D eigenvalue weighted by molar-refractivity contribution is 7.90. The van der Waals surface area contributed by atoms with Crippen molar-refractivity contribution in [1.82, 2.24) is 25.4 Å². The monoisotopic (exact) mass is 313 g/mol. The minimum atomic E-state index is -3.37. The van der Waals surface area contributed by atoms with E-state index in [1.165, 1.54) is 5.69 Å². The standard InChI is InChI=1S/C13H23N5O2S/c1-9-13(10(2)17-16-9)21(19,20)15-8-11-7-14-18-6-4-3-5-12(11)18/h7,9-10,13,15-17H,3-6,8H2,1-2H3. The number of aromatic nitrogens is 2. The molecule has 1 fully saturated rings. The van der Waals surface area contributed by atoms with Gasteiger partial charge in [0.05, 0.1) is 6.20 Å². The zero-order valence-electron chi connectivity index (χ0n) is 12.5. The number of nitrogens with zero attached hydrogens (tertiary/aromatic N) is 2. The van der Waals surface area contributed by atoms with Crippen LogP contribution < -0.4 is 15.6 Å². The average Bonchev–Trinajstić information content (AvgIpc) is 3.01. The van der Waals surface area contributed by atoms with Gasteiger partial charge in [0.1, 0.15) is 5.25 Å². The summed E-state index contributed by atoms with van der Waals surface area (Å²) in [5.41, 5.74) is 8.14. The van der Waals surface area contributed by atoms with E-state index in [0.717, 1.165) is 31.4 Å². The van der Waals surface area contributed by atoms with Crippen molar-refractivity contribution in [1.29, 1.82) is 0 Å². The molecule has 0 saturated carbocycles. The Balaban J connectivity index is 1.71. The number of nitrogens with one attached hydrogen (secondary N) is 3. The number of hydrazine groups is 1. The molecule has 3 N–H and O–H groups in total. The van der Waals surface area contributed by atoms with Crippen LogP contribution in [-0.2, 0) is 29.5 Å². The minimum Gasteiger partial charge on any atom is -0.269 e. The fourth-order valence-corrected chi connectivity index (χ4v) is 5.07. The molecule has 2 atom stereocenters. The molecule has 2 aliphatic heterocycles. The highest BCUT2D eigenvalue weighted by Gasteiger charge is 2.40. The van der Waals surface area contributed by atoms with Gasteiger partial charge in [-0.15, -0.1) is 0 Å². The van der Waals surface area contributed by atoms with Crippen LogP contribution in [0.4, 0.5) is 0 Å². The summed E-state index contributed by atoms with van der Waals surface area (Å²) >= 11 is 0. The van der Waals surface area contributed by atoms with Crippen LogP contribution in [0.1, 0.15) is 37.9 Å². The van der Waals surface area contributed by atoms with Crippen LogP contribution in [0.5, 0.6) is 0 Å². The van der Waals surface area contributed by atoms with E-state index < -0.39 is 15.3 Å². The first-order valence-electron chi connectivity index (χ1n) is 7.52. The lowest BCUT2D eigenvalue weighted by Crippen LogP contribution is -2.44. The summed E-state index contributed by atoms with van der Waals surface area (Å²) in [5, 5.41) is 3.87. The summed E-state index contributed by atoms with van der Waals surface area (Å²) in [6, 6.07) is -0.225. The van der Waals surface area contributed by atoms with Gasteiger partial charge in [0, 0.05) is 36.4 Å². The average molecular weight is 313 g/mol. The van der Waals surface area contributed by atoms with Gasteiger partial charge in [0.2, 0.25) is 10.0 Å². The topological polar surface area (TPSA) is 88.0 Å². The molecular formula is C13H23N5O2S. The van der Waals surface area contributed by atoms with Crippen LogP contribution in [0.2, 0.25) is 0 Å². The maximum absolute atomic E-state index is 12.5. The summed E-state index contributed by atoms with van der Waals surface area (Å²) in [5.74, 6) is 0. The van der Waals surface area contributed by atoms with E-state index in [9.17, 15) is 8.42 Å². The van der Waals surface area contributed by atoms with E-state index in [4.69, 9.17) is 0 Å². The molecular weight excluding hydrogens is 290 g/mol. The molecule has 0 aromatic carbocycles. The highest BCUT2D eigenvalue weighted by Crippen LogP contribution is 2.19. The Morgan fingerprint density at radius 2 is 2.05 bits per heavy atom. The van der Waals surface area contributed by atoms with Crippen molar-refractivity contribution in [3.63, 3.8) is 0 Å². The molecule has 1 aromatic rings. The quantitative estimate of drug-likeness (QED) is 0.722. The number of rotatable bonds is 4. The zero-order valence-corrected chi connectivity index (χ0v) is 13.3. The Bertz CT molecular complexity index is 602. The number of fused-ring (bicyclic) bond motifs is 1. The lowest BCUT2D eigenvalue weighted by molar-refractivity contribution is 0.483. The summed E-state index contributed by atoms with van der Waals surface area (Å²) in [6.07, 6.45) is 5.07. The molecule has 2 unspecified atom stereocenters. The Morgan fingerprint density at radius 1 is 1.33 bits per heavy atom. The molecule has 3 rings (SSSR count). The van der Waals surface area contributed by atoms with E-state index in [2.05, 4.69) is 20.7 Å². The smallest absolute Gasteiger partial charge is 0.217 e. The molecule has 3 heterocycles. The SMILES string of the molecule is CC1NNC(C)C1S(=O)(=O)NCc1cnn2c1CCCC2. The molecule has 118 valence electrons. The van der Waals surface area contributed by atoms with Crippen molar-refractivity contribution in [3.8, 4) is 0 Å². The third-order valence-electron chi connectivity index (χ3n) is 4.42.